The van der Waals surface area contributed by atoms with Crippen molar-refractivity contribution in [3.05, 3.63) is 88.5 Å². The Morgan fingerprint density at radius 1 is 0.971 bits per heavy atom. The van der Waals surface area contributed by atoms with Crippen molar-refractivity contribution in [3.63, 3.8) is 0 Å². The summed E-state index contributed by atoms with van der Waals surface area (Å²) >= 11 is 6.46. The molecular formula is C27H25ClN2O5. The predicted octanol–water partition coefficient (Wildman–Crippen LogP) is 4.97. The van der Waals surface area contributed by atoms with Crippen molar-refractivity contribution in [2.75, 3.05) is 25.3 Å². The Morgan fingerprint density at radius 3 is 2.49 bits per heavy atom. The number of methoxy groups -OCH3 is 1. The molecule has 3 aromatic rings. The van der Waals surface area contributed by atoms with Crippen LogP contribution in [0.5, 0.6) is 17.2 Å². The number of benzene rings is 3. The zero-order chi connectivity index (χ0) is 24.8. The number of hydrazine groups is 1. The van der Waals surface area contributed by atoms with Crippen LogP contribution in [0.25, 0.3) is 6.08 Å². The van der Waals surface area contributed by atoms with Gasteiger partial charge in [-0.2, -0.15) is 0 Å². The number of amides is 2. The third kappa shape index (κ3) is 5.75. The average molecular weight is 493 g/mol. The minimum Gasteiger partial charge on any atom is -0.493 e. The van der Waals surface area contributed by atoms with E-state index in [4.69, 9.17) is 25.8 Å². The molecule has 0 radical (unpaired) electrons. The maximum Gasteiger partial charge on any atom is 0.282 e. The molecule has 0 unspecified atom stereocenters. The first kappa shape index (κ1) is 24.2. The highest BCUT2D eigenvalue weighted by molar-refractivity contribution is 6.33. The van der Waals surface area contributed by atoms with Crippen molar-refractivity contribution < 1.29 is 23.8 Å². The number of hydrogen-bond acceptors (Lipinski definition) is 5. The van der Waals surface area contributed by atoms with Gasteiger partial charge in [-0.25, -0.2) is 5.01 Å². The van der Waals surface area contributed by atoms with Crippen LogP contribution >= 0.6 is 11.6 Å². The molecule has 0 bridgehead atoms. The molecule has 1 saturated heterocycles. The molecule has 0 spiro atoms. The Bertz CT molecular complexity index is 1260. The van der Waals surface area contributed by atoms with Gasteiger partial charge in [-0.05, 0) is 60.5 Å². The molecule has 1 aliphatic heterocycles. The zero-order valence-corrected chi connectivity index (χ0v) is 20.2. The molecule has 1 aliphatic rings. The van der Waals surface area contributed by atoms with Gasteiger partial charge in [0, 0.05) is 6.42 Å². The summed E-state index contributed by atoms with van der Waals surface area (Å²) in [6, 6.07) is 20.0. The zero-order valence-electron chi connectivity index (χ0n) is 19.4. The topological polar surface area (TPSA) is 77.1 Å². The van der Waals surface area contributed by atoms with E-state index >= 15 is 0 Å². The van der Waals surface area contributed by atoms with Crippen LogP contribution in [0.3, 0.4) is 0 Å². The van der Waals surface area contributed by atoms with Gasteiger partial charge in [0.15, 0.2) is 11.5 Å². The van der Waals surface area contributed by atoms with Crippen LogP contribution in [0.4, 0.5) is 5.69 Å². The Morgan fingerprint density at radius 2 is 1.74 bits per heavy atom. The van der Waals surface area contributed by atoms with E-state index in [1.165, 1.54) is 18.2 Å². The highest BCUT2D eigenvalue weighted by atomic mass is 35.5. The molecule has 4 rings (SSSR count). The lowest BCUT2D eigenvalue weighted by Gasteiger charge is -2.14. The molecule has 0 saturated carbocycles. The summed E-state index contributed by atoms with van der Waals surface area (Å²) in [6.45, 7) is 2.87. The molecule has 3 aromatic carbocycles. The number of carbonyl (C=O) groups excluding carboxylic acids is 2. The Hall–Kier alpha value is -3.97. The summed E-state index contributed by atoms with van der Waals surface area (Å²) in [4.78, 5) is 25.3. The maximum absolute atomic E-state index is 12.8. The molecule has 0 aliphatic carbocycles. The van der Waals surface area contributed by atoms with Gasteiger partial charge in [0.1, 0.15) is 11.3 Å². The summed E-state index contributed by atoms with van der Waals surface area (Å²) in [6.07, 6.45) is 2.12. The number of para-hydroxylation sites is 1. The van der Waals surface area contributed by atoms with E-state index in [1.54, 1.807) is 36.4 Å². The third-order valence-corrected chi connectivity index (χ3v) is 5.54. The molecule has 1 heterocycles. The lowest BCUT2D eigenvalue weighted by atomic mass is 10.1. The fourth-order valence-electron chi connectivity index (χ4n) is 3.57. The van der Waals surface area contributed by atoms with E-state index in [-0.39, 0.29) is 5.57 Å². The van der Waals surface area contributed by atoms with Gasteiger partial charge in [-0.15, -0.1) is 0 Å². The largest absolute Gasteiger partial charge is 0.493 e. The van der Waals surface area contributed by atoms with E-state index in [2.05, 4.69) is 5.43 Å². The van der Waals surface area contributed by atoms with Gasteiger partial charge in [0.25, 0.3) is 11.8 Å². The van der Waals surface area contributed by atoms with Crippen LogP contribution in [-0.2, 0) is 9.59 Å². The van der Waals surface area contributed by atoms with Gasteiger partial charge < -0.3 is 14.2 Å². The summed E-state index contributed by atoms with van der Waals surface area (Å²) in [5.41, 5.74) is 4.81. The van der Waals surface area contributed by atoms with Crippen LogP contribution in [0.15, 0.2) is 72.3 Å². The van der Waals surface area contributed by atoms with E-state index in [1.807, 2.05) is 37.3 Å². The van der Waals surface area contributed by atoms with Crippen LogP contribution in [0.2, 0.25) is 5.02 Å². The van der Waals surface area contributed by atoms with E-state index < -0.39 is 11.8 Å². The van der Waals surface area contributed by atoms with Crippen LogP contribution in [0.1, 0.15) is 17.5 Å². The second kappa shape index (κ2) is 11.0. The maximum atomic E-state index is 12.8. The normalized spacial score (nSPS) is 14.3. The molecule has 8 heteroatoms. The average Bonchev–Trinajstić information content (AvgIpc) is 3.13. The summed E-state index contributed by atoms with van der Waals surface area (Å²) in [7, 11) is 1.50. The first-order valence-electron chi connectivity index (χ1n) is 11.1. The standard InChI is InChI=1S/C27H25ClN2O5/c1-18-8-6-11-21(14-18)34-12-7-13-35-25-23(28)16-19(17-24(25)33-2)15-22-26(31)29-30(27(22)32)20-9-4-3-5-10-20/h3-6,8-11,14-17H,7,12-13H2,1-2H3,(H,29,31)/b22-15+. The van der Waals surface area contributed by atoms with E-state index in [0.717, 1.165) is 11.3 Å². The molecule has 180 valence electrons. The summed E-state index contributed by atoms with van der Waals surface area (Å²) < 4.78 is 17.0. The number of nitrogens with zero attached hydrogens (tertiary/aromatic N) is 1. The smallest absolute Gasteiger partial charge is 0.282 e. The lowest BCUT2D eigenvalue weighted by Crippen LogP contribution is -2.35. The fourth-order valence-corrected chi connectivity index (χ4v) is 3.85. The second-order valence-corrected chi connectivity index (χ2v) is 8.28. The molecular weight excluding hydrogens is 468 g/mol. The first-order chi connectivity index (χ1) is 17.0. The monoisotopic (exact) mass is 492 g/mol. The van der Waals surface area contributed by atoms with Crippen molar-refractivity contribution in [1.29, 1.82) is 0 Å². The second-order valence-electron chi connectivity index (χ2n) is 7.88. The van der Waals surface area contributed by atoms with Crippen molar-refractivity contribution in [1.82, 2.24) is 5.43 Å². The molecule has 0 atom stereocenters. The quantitative estimate of drug-likeness (QED) is 0.259. The molecule has 35 heavy (non-hydrogen) atoms. The number of nitrogens with one attached hydrogen (secondary N) is 1. The Balaban J connectivity index is 1.42. The van der Waals surface area contributed by atoms with E-state index in [0.29, 0.717) is 47.4 Å². The Labute approximate surface area is 208 Å². The van der Waals surface area contributed by atoms with Gasteiger partial charge >= 0.3 is 0 Å². The predicted molar refractivity (Wildman–Crippen MR) is 135 cm³/mol. The van der Waals surface area contributed by atoms with Crippen LogP contribution < -0.4 is 24.6 Å². The number of halogens is 1. The number of aryl methyl sites for hydroxylation is 1. The van der Waals surface area contributed by atoms with Gasteiger partial charge in [-0.1, -0.05) is 41.9 Å². The minimum absolute atomic E-state index is 0.00561. The summed E-state index contributed by atoms with van der Waals surface area (Å²) in [5.74, 6) is 0.650. The van der Waals surface area contributed by atoms with Gasteiger partial charge in [-0.3, -0.25) is 15.0 Å². The lowest BCUT2D eigenvalue weighted by molar-refractivity contribution is -0.117. The van der Waals surface area contributed by atoms with Crippen LogP contribution in [0, 0.1) is 6.92 Å². The van der Waals surface area contributed by atoms with Crippen molar-refractivity contribution in [2.45, 2.75) is 13.3 Å². The number of carbonyl (C=O) groups is 2. The summed E-state index contributed by atoms with van der Waals surface area (Å²) in [5, 5.41) is 1.52. The van der Waals surface area contributed by atoms with Crippen molar-refractivity contribution in [2.24, 2.45) is 0 Å². The number of rotatable bonds is 9. The molecule has 7 nitrogen and oxygen atoms in total. The molecule has 2 amide bonds. The van der Waals surface area contributed by atoms with Crippen LogP contribution in [-0.4, -0.2) is 32.1 Å². The Kier molecular flexibility index (Phi) is 7.57. The van der Waals surface area contributed by atoms with Crippen molar-refractivity contribution in [3.8, 4) is 17.2 Å². The number of hydrogen-bond donors (Lipinski definition) is 1. The first-order valence-corrected chi connectivity index (χ1v) is 11.5. The SMILES string of the molecule is COc1cc(/C=C2\C(=O)NN(c3ccccc3)C2=O)cc(Cl)c1OCCCOc1cccc(C)c1. The van der Waals surface area contributed by atoms with Crippen molar-refractivity contribution >= 4 is 35.2 Å². The highest BCUT2D eigenvalue weighted by Crippen LogP contribution is 2.37. The fraction of sp³-hybridized carbons (Fsp3) is 0.185. The third-order valence-electron chi connectivity index (χ3n) is 5.26. The molecule has 0 aromatic heterocycles. The number of anilines is 1. The highest BCUT2D eigenvalue weighted by Gasteiger charge is 2.34. The van der Waals surface area contributed by atoms with E-state index in [9.17, 15) is 9.59 Å². The molecule has 1 fully saturated rings. The van der Waals surface area contributed by atoms with Gasteiger partial charge in [0.05, 0.1) is 31.0 Å². The number of ether oxygens (including phenoxy) is 3. The van der Waals surface area contributed by atoms with Gasteiger partial charge in [0.2, 0.25) is 0 Å². The molecule has 1 N–H and O–H groups in total. The minimum atomic E-state index is -0.497.